The van der Waals surface area contributed by atoms with Crippen molar-refractivity contribution in [3.8, 4) is 0 Å². The maximum Gasteiger partial charge on any atom is 0.283 e. The Balaban J connectivity index is 2.37. The zero-order chi connectivity index (χ0) is 14.0. The number of pyridine rings is 2. The van der Waals surface area contributed by atoms with Crippen molar-refractivity contribution in [2.75, 3.05) is 10.5 Å². The van der Waals surface area contributed by atoms with E-state index in [0.717, 1.165) is 6.07 Å². The first-order valence-electron chi connectivity index (χ1n) is 5.25. The molecule has 0 saturated carbocycles. The Hall–Kier alpha value is -2.22. The predicted molar refractivity (Wildman–Crippen MR) is 68.4 cm³/mol. The molecule has 0 radical (unpaired) electrons. The van der Waals surface area contributed by atoms with Crippen LogP contribution < -0.4 is 10.5 Å². The van der Waals surface area contributed by atoms with Crippen LogP contribution in [-0.4, -0.2) is 18.4 Å². The summed E-state index contributed by atoms with van der Waals surface area (Å²) in [6.07, 6.45) is 2.52. The Morgan fingerprint density at radius 1 is 1.37 bits per heavy atom. The quantitative estimate of drug-likeness (QED) is 0.884. The molecule has 0 aliphatic rings. The number of hydrogen-bond acceptors (Lipinski definition) is 5. The average Bonchev–Trinajstić information content (AvgIpc) is 2.34. The highest BCUT2D eigenvalue weighted by Crippen LogP contribution is 2.18. The molecular weight excluding hydrogens is 271 g/mol. The number of rotatable bonds is 3. The van der Waals surface area contributed by atoms with Gasteiger partial charge in [-0.3, -0.25) is 4.72 Å². The van der Waals surface area contributed by atoms with E-state index in [0.29, 0.717) is 11.3 Å². The van der Waals surface area contributed by atoms with Crippen LogP contribution in [0.5, 0.6) is 0 Å². The third-order valence-electron chi connectivity index (χ3n) is 2.37. The van der Waals surface area contributed by atoms with E-state index < -0.39 is 20.9 Å². The van der Waals surface area contributed by atoms with E-state index in [-0.39, 0.29) is 5.82 Å². The lowest BCUT2D eigenvalue weighted by Gasteiger charge is -2.08. The van der Waals surface area contributed by atoms with Crippen LogP contribution in [0.3, 0.4) is 0 Å². The minimum Gasteiger partial charge on any atom is -0.397 e. The molecule has 0 aliphatic carbocycles. The van der Waals surface area contributed by atoms with E-state index in [9.17, 15) is 12.8 Å². The van der Waals surface area contributed by atoms with Crippen molar-refractivity contribution in [2.45, 2.75) is 11.9 Å². The van der Waals surface area contributed by atoms with Crippen LogP contribution in [0.2, 0.25) is 0 Å². The van der Waals surface area contributed by atoms with Gasteiger partial charge in [-0.1, -0.05) is 0 Å². The monoisotopic (exact) mass is 282 g/mol. The zero-order valence-corrected chi connectivity index (χ0v) is 10.8. The second-order valence-electron chi connectivity index (χ2n) is 3.82. The normalized spacial score (nSPS) is 11.3. The van der Waals surface area contributed by atoms with Gasteiger partial charge < -0.3 is 5.73 Å². The molecule has 100 valence electrons. The van der Waals surface area contributed by atoms with Crippen molar-refractivity contribution in [2.24, 2.45) is 0 Å². The van der Waals surface area contributed by atoms with E-state index in [2.05, 4.69) is 14.7 Å². The molecule has 2 aromatic heterocycles. The molecule has 19 heavy (non-hydrogen) atoms. The van der Waals surface area contributed by atoms with E-state index in [1.165, 1.54) is 24.5 Å². The van der Waals surface area contributed by atoms with Crippen molar-refractivity contribution in [1.29, 1.82) is 0 Å². The number of nitrogens with one attached hydrogen (secondary N) is 1. The summed E-state index contributed by atoms with van der Waals surface area (Å²) in [4.78, 5) is 7.32. The van der Waals surface area contributed by atoms with Gasteiger partial charge in [0.05, 0.1) is 11.9 Å². The van der Waals surface area contributed by atoms with Crippen LogP contribution in [0.25, 0.3) is 0 Å². The van der Waals surface area contributed by atoms with Gasteiger partial charge in [-0.15, -0.1) is 0 Å². The zero-order valence-electron chi connectivity index (χ0n) is 9.96. The number of nitrogens with zero attached hydrogens (tertiary/aromatic N) is 2. The minimum atomic E-state index is -4.11. The van der Waals surface area contributed by atoms with Crippen LogP contribution >= 0.6 is 0 Å². The largest absolute Gasteiger partial charge is 0.397 e. The summed E-state index contributed by atoms with van der Waals surface area (Å²) in [7, 11) is -4.11. The summed E-state index contributed by atoms with van der Waals surface area (Å²) in [5.41, 5.74) is 6.67. The summed E-state index contributed by atoms with van der Waals surface area (Å²) in [6, 6.07) is 3.77. The molecule has 3 N–H and O–H groups in total. The molecule has 0 amide bonds. The molecule has 0 atom stereocenters. The van der Waals surface area contributed by atoms with Crippen LogP contribution in [0.15, 0.2) is 35.6 Å². The van der Waals surface area contributed by atoms with Crippen LogP contribution in [0.4, 0.5) is 15.9 Å². The Morgan fingerprint density at radius 3 is 2.74 bits per heavy atom. The summed E-state index contributed by atoms with van der Waals surface area (Å²) >= 11 is 0. The number of anilines is 2. The van der Waals surface area contributed by atoms with Crippen molar-refractivity contribution in [3.05, 3.63) is 42.0 Å². The lowest BCUT2D eigenvalue weighted by molar-refractivity contribution is 0.556. The fraction of sp³-hybridized carbons (Fsp3) is 0.0909. The fourth-order valence-corrected chi connectivity index (χ4v) is 2.39. The molecule has 0 fully saturated rings. The first-order valence-corrected chi connectivity index (χ1v) is 6.74. The molecule has 0 saturated heterocycles. The minimum absolute atomic E-state index is 0.0525. The van der Waals surface area contributed by atoms with Crippen molar-refractivity contribution in [1.82, 2.24) is 9.97 Å². The maximum atomic E-state index is 13.4. The number of aryl methyl sites for hydroxylation is 1. The number of nitrogens with two attached hydrogens (primary N) is 1. The summed E-state index contributed by atoms with van der Waals surface area (Å²) in [6.45, 7) is 1.70. The highest BCUT2D eigenvalue weighted by atomic mass is 32.2. The van der Waals surface area contributed by atoms with Crippen LogP contribution in [0, 0.1) is 12.7 Å². The van der Waals surface area contributed by atoms with E-state index in [1.54, 1.807) is 6.92 Å². The Labute approximate surface area is 109 Å². The lowest BCUT2D eigenvalue weighted by Crippen LogP contribution is -2.17. The molecule has 2 heterocycles. The lowest BCUT2D eigenvalue weighted by atomic mass is 10.2. The maximum absolute atomic E-state index is 13.4. The predicted octanol–water partition coefficient (Wildman–Crippen LogP) is 1.31. The van der Waals surface area contributed by atoms with Gasteiger partial charge in [0.25, 0.3) is 10.0 Å². The molecule has 2 rings (SSSR count). The van der Waals surface area contributed by atoms with E-state index >= 15 is 0 Å². The molecule has 0 aromatic carbocycles. The van der Waals surface area contributed by atoms with Gasteiger partial charge >= 0.3 is 0 Å². The van der Waals surface area contributed by atoms with E-state index in [1.807, 2.05) is 0 Å². The summed E-state index contributed by atoms with van der Waals surface area (Å²) < 4.78 is 39.4. The fourth-order valence-electron chi connectivity index (χ4n) is 1.38. The number of nitrogen functional groups attached to an aromatic ring is 1. The Morgan fingerprint density at radius 2 is 2.11 bits per heavy atom. The molecule has 6 nitrogen and oxygen atoms in total. The first kappa shape index (κ1) is 13.2. The SMILES string of the molecule is Cc1cc(NS(=O)(=O)c2ncccc2F)ncc1N. The van der Waals surface area contributed by atoms with Crippen molar-refractivity contribution >= 4 is 21.5 Å². The van der Waals surface area contributed by atoms with Gasteiger partial charge in [0.2, 0.25) is 5.03 Å². The second-order valence-corrected chi connectivity index (χ2v) is 5.42. The molecule has 0 bridgehead atoms. The second kappa shape index (κ2) is 4.81. The number of hydrogen-bond donors (Lipinski definition) is 2. The average molecular weight is 282 g/mol. The smallest absolute Gasteiger partial charge is 0.283 e. The number of sulfonamides is 1. The van der Waals surface area contributed by atoms with Gasteiger partial charge in [0.15, 0.2) is 5.82 Å². The summed E-state index contributed by atoms with van der Waals surface area (Å²) in [5.74, 6) is -0.876. The molecule has 8 heteroatoms. The Kier molecular flexibility index (Phi) is 3.34. The first-order chi connectivity index (χ1) is 8.90. The molecule has 0 spiro atoms. The highest BCUT2D eigenvalue weighted by molar-refractivity contribution is 7.92. The molecule has 0 unspecified atom stereocenters. The molecule has 0 aliphatic heterocycles. The third-order valence-corrected chi connectivity index (χ3v) is 3.66. The number of halogens is 1. The van der Waals surface area contributed by atoms with E-state index in [4.69, 9.17) is 5.73 Å². The van der Waals surface area contributed by atoms with Crippen LogP contribution in [-0.2, 0) is 10.0 Å². The third kappa shape index (κ3) is 2.79. The summed E-state index contributed by atoms with van der Waals surface area (Å²) in [5, 5.41) is -0.675. The standard InChI is InChI=1S/C11H11FN4O2S/c1-7-5-10(15-6-9(7)13)16-19(17,18)11-8(12)3-2-4-14-11/h2-6H,13H2,1H3,(H,15,16). The Bertz CT molecular complexity index is 718. The topological polar surface area (TPSA) is 98.0 Å². The highest BCUT2D eigenvalue weighted by Gasteiger charge is 2.21. The van der Waals surface area contributed by atoms with Crippen molar-refractivity contribution in [3.63, 3.8) is 0 Å². The van der Waals surface area contributed by atoms with Gasteiger partial charge in [-0.05, 0) is 30.7 Å². The van der Waals surface area contributed by atoms with Crippen LogP contribution in [0.1, 0.15) is 5.56 Å². The van der Waals surface area contributed by atoms with Gasteiger partial charge in [-0.2, -0.15) is 8.42 Å². The number of aromatic nitrogens is 2. The van der Waals surface area contributed by atoms with Crippen molar-refractivity contribution < 1.29 is 12.8 Å². The van der Waals surface area contributed by atoms with Gasteiger partial charge in [0.1, 0.15) is 5.82 Å². The molecular formula is C11H11FN4O2S. The van der Waals surface area contributed by atoms with Gasteiger partial charge in [-0.25, -0.2) is 14.4 Å². The molecule has 2 aromatic rings. The van der Waals surface area contributed by atoms with Gasteiger partial charge in [0, 0.05) is 6.20 Å².